The molecule has 0 saturated carbocycles. The summed E-state index contributed by atoms with van der Waals surface area (Å²) in [6, 6.07) is 0. The van der Waals surface area contributed by atoms with Gasteiger partial charge in [0.2, 0.25) is 0 Å². The number of carbonyl (C=O) groups is 1. The fourth-order valence-corrected chi connectivity index (χ4v) is 7.10. The van der Waals surface area contributed by atoms with Crippen molar-refractivity contribution in [3.05, 3.63) is 0 Å². The molecule has 0 aromatic rings. The molecule has 0 fully saturated rings. The van der Waals surface area contributed by atoms with Crippen LogP contribution in [0.15, 0.2) is 0 Å². The number of hydrogen-bond donors (Lipinski definition) is 0. The molecule has 0 atom stereocenters. The molecule has 0 saturated heterocycles. The molecule has 0 heterocycles. The normalized spacial score (nSPS) is 11.6. The fraction of sp³-hybridized carbons (Fsp3) is 0.981. The Kier molecular flexibility index (Phi) is 61.1. The van der Waals surface area contributed by atoms with Gasteiger partial charge in [0.25, 0.3) is 0 Å². The van der Waals surface area contributed by atoms with Gasteiger partial charge in [-0.1, -0.05) is 168 Å². The Bertz CT molecular complexity index is 871. The van der Waals surface area contributed by atoms with Gasteiger partial charge in [0, 0.05) is 13.0 Å². The zero-order chi connectivity index (χ0) is 47.4. The third-order valence-electron chi connectivity index (χ3n) is 11.1. The number of rotatable bonds is 61. The topological polar surface area (TPSA) is 128 Å². The summed E-state index contributed by atoms with van der Waals surface area (Å²) in [5.74, 6) is -0.128. The van der Waals surface area contributed by atoms with Crippen molar-refractivity contribution in [2.75, 3.05) is 152 Å². The lowest BCUT2D eigenvalue weighted by atomic mass is 10.0. The maximum atomic E-state index is 11.9. The van der Waals surface area contributed by atoms with E-state index in [0.29, 0.717) is 152 Å². The van der Waals surface area contributed by atoms with E-state index in [1.165, 1.54) is 148 Å². The molecular weight excluding hydrogens is 845 g/mol. The predicted molar refractivity (Wildman–Crippen MR) is 266 cm³/mol. The summed E-state index contributed by atoms with van der Waals surface area (Å²) in [5, 5.41) is 0. The van der Waals surface area contributed by atoms with Crippen LogP contribution in [0, 0.1) is 0 Å². The lowest BCUT2D eigenvalue weighted by Crippen LogP contribution is -2.15. The van der Waals surface area contributed by atoms with Crippen molar-refractivity contribution in [1.82, 2.24) is 0 Å². The number of carbonyl (C=O) groups excluding carboxylic acids is 1. The molecule has 0 aromatic heterocycles. The van der Waals surface area contributed by atoms with E-state index in [9.17, 15) is 4.79 Å². The van der Waals surface area contributed by atoms with Crippen molar-refractivity contribution in [2.24, 2.45) is 0 Å². The zero-order valence-electron chi connectivity index (χ0n) is 43.2. The van der Waals surface area contributed by atoms with Crippen molar-refractivity contribution in [2.45, 2.75) is 187 Å². The minimum atomic E-state index is -0.128. The Morgan fingerprint density at radius 1 is 0.212 bits per heavy atom. The quantitative estimate of drug-likeness (QED) is 0.0424. The first-order valence-corrected chi connectivity index (χ1v) is 27.3. The Morgan fingerprint density at radius 2 is 0.394 bits per heavy atom. The minimum Gasteiger partial charge on any atom is -0.463 e. The Morgan fingerprint density at radius 3 is 0.636 bits per heavy atom. The Hall–Kier alpha value is -0.970. The lowest BCUT2D eigenvalue weighted by Gasteiger charge is -2.09. The average Bonchev–Trinajstić information content (AvgIpc) is 3.32. The molecule has 0 radical (unpaired) electrons. The first kappa shape index (κ1) is 65.0. The predicted octanol–water partition coefficient (Wildman–Crippen LogP) is 11.3. The first-order valence-electron chi connectivity index (χ1n) is 27.3. The van der Waals surface area contributed by atoms with Gasteiger partial charge in [-0.15, -0.1) is 0 Å². The summed E-state index contributed by atoms with van der Waals surface area (Å²) in [4.78, 5) is 11.9. The van der Waals surface area contributed by atoms with Crippen molar-refractivity contribution < 1.29 is 61.6 Å². The molecular formula is C53H106O13. The van der Waals surface area contributed by atoms with Gasteiger partial charge in [0.1, 0.15) is 6.61 Å². The summed E-state index contributed by atoms with van der Waals surface area (Å²) < 4.78 is 66.3. The lowest BCUT2D eigenvalue weighted by molar-refractivity contribution is -0.145. The SMILES string of the molecule is CCCCCCCCCCCCCCCCCC(=O)OCCOCCOCCOCCOCCOCCOCCOCCOCCOCCOCCOCCCCCCCCCCCCC. The van der Waals surface area contributed by atoms with Crippen LogP contribution in [0.3, 0.4) is 0 Å². The van der Waals surface area contributed by atoms with Crippen molar-refractivity contribution in [3.8, 4) is 0 Å². The molecule has 0 aliphatic heterocycles. The fourth-order valence-electron chi connectivity index (χ4n) is 7.10. The van der Waals surface area contributed by atoms with Crippen molar-refractivity contribution in [3.63, 3.8) is 0 Å². The maximum Gasteiger partial charge on any atom is 0.305 e. The molecule has 0 unspecified atom stereocenters. The van der Waals surface area contributed by atoms with Gasteiger partial charge >= 0.3 is 5.97 Å². The van der Waals surface area contributed by atoms with Gasteiger partial charge < -0.3 is 56.8 Å². The monoisotopic (exact) mass is 951 g/mol. The standard InChI is InChI=1S/C53H106O13/c1-3-5-7-9-11-13-15-16-17-18-19-21-23-25-27-29-53(54)66-52-51-65-50-49-64-48-47-63-46-45-62-44-43-61-42-41-60-40-39-59-38-37-58-36-35-57-34-33-56-32-31-55-30-28-26-24-22-20-14-12-10-8-6-4-2/h3-52H2,1-2H3. The second kappa shape index (κ2) is 62.0. The van der Waals surface area contributed by atoms with E-state index >= 15 is 0 Å². The van der Waals surface area contributed by atoms with Crippen LogP contribution in [0.2, 0.25) is 0 Å². The highest BCUT2D eigenvalue weighted by Gasteiger charge is 2.03. The smallest absolute Gasteiger partial charge is 0.305 e. The summed E-state index contributed by atoms with van der Waals surface area (Å²) >= 11 is 0. The molecule has 0 spiro atoms. The van der Waals surface area contributed by atoms with Gasteiger partial charge in [-0.3, -0.25) is 4.79 Å². The van der Waals surface area contributed by atoms with E-state index in [1.807, 2.05) is 0 Å². The van der Waals surface area contributed by atoms with Crippen LogP contribution >= 0.6 is 0 Å². The molecule has 0 amide bonds. The zero-order valence-corrected chi connectivity index (χ0v) is 43.2. The van der Waals surface area contributed by atoms with Crippen LogP contribution < -0.4 is 0 Å². The van der Waals surface area contributed by atoms with Gasteiger partial charge in [0.05, 0.1) is 139 Å². The molecule has 13 nitrogen and oxygen atoms in total. The molecule has 0 rings (SSSR count). The van der Waals surface area contributed by atoms with Crippen LogP contribution in [0.1, 0.15) is 187 Å². The third kappa shape index (κ3) is 61.0. The largest absolute Gasteiger partial charge is 0.463 e. The molecule has 13 heteroatoms. The summed E-state index contributed by atoms with van der Waals surface area (Å²) in [6.07, 6.45) is 35.1. The second-order valence-corrected chi connectivity index (χ2v) is 17.2. The highest BCUT2D eigenvalue weighted by atomic mass is 16.6. The van der Waals surface area contributed by atoms with Crippen LogP contribution in [0.4, 0.5) is 0 Å². The van der Waals surface area contributed by atoms with Gasteiger partial charge in [-0.2, -0.15) is 0 Å². The van der Waals surface area contributed by atoms with E-state index in [-0.39, 0.29) is 5.97 Å². The Balaban J connectivity index is 3.12. The van der Waals surface area contributed by atoms with E-state index in [0.717, 1.165) is 25.9 Å². The molecule has 0 aliphatic carbocycles. The third-order valence-corrected chi connectivity index (χ3v) is 11.1. The Labute approximate surface area is 405 Å². The molecule has 0 aromatic carbocycles. The summed E-state index contributed by atoms with van der Waals surface area (Å²) in [7, 11) is 0. The molecule has 66 heavy (non-hydrogen) atoms. The molecule has 0 N–H and O–H groups in total. The second-order valence-electron chi connectivity index (χ2n) is 17.2. The van der Waals surface area contributed by atoms with E-state index in [1.54, 1.807) is 0 Å². The number of ether oxygens (including phenoxy) is 12. The number of esters is 1. The van der Waals surface area contributed by atoms with Crippen LogP contribution in [-0.2, 0) is 61.6 Å². The van der Waals surface area contributed by atoms with Gasteiger partial charge in [0.15, 0.2) is 0 Å². The first-order chi connectivity index (χ1) is 32.8. The summed E-state index contributed by atoms with van der Waals surface area (Å²) in [5.41, 5.74) is 0. The molecule has 396 valence electrons. The van der Waals surface area contributed by atoms with Gasteiger partial charge in [-0.05, 0) is 12.8 Å². The van der Waals surface area contributed by atoms with E-state index in [2.05, 4.69) is 13.8 Å². The summed E-state index contributed by atoms with van der Waals surface area (Å²) in [6.45, 7) is 16.5. The van der Waals surface area contributed by atoms with E-state index in [4.69, 9.17) is 56.8 Å². The van der Waals surface area contributed by atoms with Crippen molar-refractivity contribution in [1.29, 1.82) is 0 Å². The van der Waals surface area contributed by atoms with E-state index < -0.39 is 0 Å². The highest BCUT2D eigenvalue weighted by molar-refractivity contribution is 5.69. The van der Waals surface area contributed by atoms with Crippen molar-refractivity contribution >= 4 is 5.97 Å². The molecule has 0 aliphatic rings. The van der Waals surface area contributed by atoms with Crippen LogP contribution in [0.5, 0.6) is 0 Å². The van der Waals surface area contributed by atoms with Crippen LogP contribution in [0.25, 0.3) is 0 Å². The minimum absolute atomic E-state index is 0.128. The average molecular weight is 951 g/mol. The highest BCUT2D eigenvalue weighted by Crippen LogP contribution is 2.14. The maximum absolute atomic E-state index is 11.9. The number of unbranched alkanes of at least 4 members (excludes halogenated alkanes) is 24. The number of hydrogen-bond acceptors (Lipinski definition) is 13. The van der Waals surface area contributed by atoms with Crippen LogP contribution in [-0.4, -0.2) is 158 Å². The molecule has 0 bridgehead atoms. The van der Waals surface area contributed by atoms with Gasteiger partial charge in [-0.25, -0.2) is 0 Å².